The largest absolute Gasteiger partial charge is 0.299 e. The van der Waals surface area contributed by atoms with E-state index in [4.69, 9.17) is 11.6 Å². The van der Waals surface area contributed by atoms with Crippen molar-refractivity contribution in [3.05, 3.63) is 0 Å². The fourth-order valence-electron chi connectivity index (χ4n) is 1.87. The molecule has 0 aliphatic heterocycles. The molecule has 15 heavy (non-hydrogen) atoms. The highest BCUT2D eigenvalue weighted by molar-refractivity contribution is 7.90. The van der Waals surface area contributed by atoms with Crippen LogP contribution in [0, 0.1) is 0 Å². The SMILES string of the molecule is CS(=O)(=O)CCCN(CCCl)C1CCC1. The van der Waals surface area contributed by atoms with Crippen LogP contribution in [0.3, 0.4) is 0 Å². The van der Waals surface area contributed by atoms with Crippen molar-refractivity contribution in [2.24, 2.45) is 0 Å². The molecule has 1 rings (SSSR count). The molecule has 0 amide bonds. The summed E-state index contributed by atoms with van der Waals surface area (Å²) in [6.45, 7) is 1.75. The van der Waals surface area contributed by atoms with Gasteiger partial charge in [-0.1, -0.05) is 6.42 Å². The molecule has 90 valence electrons. The van der Waals surface area contributed by atoms with Gasteiger partial charge in [0.25, 0.3) is 0 Å². The molecule has 1 aliphatic carbocycles. The Balaban J connectivity index is 2.25. The van der Waals surface area contributed by atoms with E-state index in [1.807, 2.05) is 0 Å². The minimum atomic E-state index is -2.81. The first kappa shape index (κ1) is 13.3. The predicted molar refractivity (Wildman–Crippen MR) is 64.3 cm³/mol. The second-order valence-electron chi connectivity index (χ2n) is 4.29. The van der Waals surface area contributed by atoms with E-state index in [1.54, 1.807) is 0 Å². The normalized spacial score (nSPS) is 18.1. The van der Waals surface area contributed by atoms with E-state index in [1.165, 1.54) is 25.5 Å². The van der Waals surface area contributed by atoms with E-state index in [9.17, 15) is 8.42 Å². The molecule has 0 bridgehead atoms. The maximum absolute atomic E-state index is 11.0. The van der Waals surface area contributed by atoms with Crippen LogP contribution in [-0.2, 0) is 9.84 Å². The number of hydrogen-bond donors (Lipinski definition) is 0. The van der Waals surface area contributed by atoms with Crippen LogP contribution >= 0.6 is 11.6 Å². The van der Waals surface area contributed by atoms with Crippen LogP contribution in [-0.4, -0.2) is 50.3 Å². The third kappa shape index (κ3) is 5.18. The van der Waals surface area contributed by atoms with Gasteiger partial charge >= 0.3 is 0 Å². The molecule has 0 aromatic rings. The summed E-state index contributed by atoms with van der Waals surface area (Å²) >= 11 is 5.73. The van der Waals surface area contributed by atoms with Gasteiger partial charge in [0.15, 0.2) is 0 Å². The number of sulfone groups is 1. The van der Waals surface area contributed by atoms with Crippen molar-refractivity contribution in [2.45, 2.75) is 31.7 Å². The molecule has 0 saturated heterocycles. The lowest BCUT2D eigenvalue weighted by Crippen LogP contribution is -2.42. The van der Waals surface area contributed by atoms with E-state index in [2.05, 4.69) is 4.90 Å². The fourth-order valence-corrected chi connectivity index (χ4v) is 2.74. The first-order chi connectivity index (χ1) is 7.03. The van der Waals surface area contributed by atoms with Gasteiger partial charge in [0.05, 0.1) is 5.75 Å². The Kier molecular flexibility index (Phi) is 5.36. The molecule has 0 radical (unpaired) electrons. The first-order valence-electron chi connectivity index (χ1n) is 5.50. The Morgan fingerprint density at radius 1 is 1.33 bits per heavy atom. The van der Waals surface area contributed by atoms with Crippen LogP contribution in [0.1, 0.15) is 25.7 Å². The lowest BCUT2D eigenvalue weighted by molar-refractivity contribution is 0.135. The van der Waals surface area contributed by atoms with Crippen molar-refractivity contribution in [1.29, 1.82) is 0 Å². The third-order valence-corrected chi connectivity index (χ3v) is 4.12. The quantitative estimate of drug-likeness (QED) is 0.646. The number of halogens is 1. The number of rotatable bonds is 7. The molecule has 1 saturated carbocycles. The molecule has 0 heterocycles. The van der Waals surface area contributed by atoms with Crippen LogP contribution in [0.25, 0.3) is 0 Å². The van der Waals surface area contributed by atoms with Crippen molar-refractivity contribution in [3.8, 4) is 0 Å². The smallest absolute Gasteiger partial charge is 0.147 e. The summed E-state index contributed by atoms with van der Waals surface area (Å²) < 4.78 is 22.0. The van der Waals surface area contributed by atoms with Gasteiger partial charge in [0.2, 0.25) is 0 Å². The number of hydrogen-bond acceptors (Lipinski definition) is 3. The van der Waals surface area contributed by atoms with Gasteiger partial charge in [-0.05, 0) is 25.8 Å². The standard InChI is InChI=1S/C10H20ClNO2S/c1-15(13,14)9-3-7-12(8-6-11)10-4-2-5-10/h10H,2-9H2,1H3. The third-order valence-electron chi connectivity index (χ3n) is 2.92. The van der Waals surface area contributed by atoms with E-state index in [-0.39, 0.29) is 0 Å². The Morgan fingerprint density at radius 3 is 2.40 bits per heavy atom. The molecule has 1 fully saturated rings. The van der Waals surface area contributed by atoms with E-state index in [0.29, 0.717) is 17.7 Å². The average molecular weight is 254 g/mol. The van der Waals surface area contributed by atoms with Gasteiger partial charge in [-0.3, -0.25) is 4.90 Å². The summed E-state index contributed by atoms with van der Waals surface area (Å²) in [6, 6.07) is 0.656. The maximum atomic E-state index is 11.0. The molecule has 0 aromatic carbocycles. The van der Waals surface area contributed by atoms with Crippen LogP contribution < -0.4 is 0 Å². The molecular weight excluding hydrogens is 234 g/mol. The van der Waals surface area contributed by atoms with E-state index < -0.39 is 9.84 Å². The molecule has 3 nitrogen and oxygen atoms in total. The molecule has 1 aliphatic rings. The summed E-state index contributed by atoms with van der Waals surface area (Å²) in [5.74, 6) is 0.924. The Morgan fingerprint density at radius 2 is 2.00 bits per heavy atom. The zero-order chi connectivity index (χ0) is 11.3. The summed E-state index contributed by atoms with van der Waals surface area (Å²) in [5, 5.41) is 0. The zero-order valence-electron chi connectivity index (χ0n) is 9.28. The second kappa shape index (κ2) is 6.06. The Bertz CT molecular complexity index is 275. The van der Waals surface area contributed by atoms with Crippen LogP contribution in [0.2, 0.25) is 0 Å². The summed E-state index contributed by atoms with van der Waals surface area (Å²) in [6.07, 6.45) is 5.81. The van der Waals surface area contributed by atoms with Gasteiger partial charge in [-0.2, -0.15) is 0 Å². The van der Waals surface area contributed by atoms with Crippen LogP contribution in [0.15, 0.2) is 0 Å². The maximum Gasteiger partial charge on any atom is 0.147 e. The number of nitrogens with zero attached hydrogens (tertiary/aromatic N) is 1. The van der Waals surface area contributed by atoms with Gasteiger partial charge in [-0.15, -0.1) is 11.6 Å². The van der Waals surface area contributed by atoms with Crippen molar-refractivity contribution in [3.63, 3.8) is 0 Å². The summed E-state index contributed by atoms with van der Waals surface area (Å²) in [7, 11) is -2.81. The minimum Gasteiger partial charge on any atom is -0.299 e. The lowest BCUT2D eigenvalue weighted by atomic mass is 9.91. The van der Waals surface area contributed by atoms with E-state index >= 15 is 0 Å². The minimum absolute atomic E-state index is 0.290. The van der Waals surface area contributed by atoms with Gasteiger partial charge in [0, 0.05) is 24.7 Å². The van der Waals surface area contributed by atoms with Crippen molar-refractivity contribution in [2.75, 3.05) is 31.0 Å². The van der Waals surface area contributed by atoms with Crippen LogP contribution in [0.5, 0.6) is 0 Å². The van der Waals surface area contributed by atoms with Gasteiger partial charge < -0.3 is 0 Å². The fraction of sp³-hybridized carbons (Fsp3) is 1.00. The molecule has 5 heteroatoms. The van der Waals surface area contributed by atoms with E-state index in [0.717, 1.165) is 19.5 Å². The van der Waals surface area contributed by atoms with Crippen molar-refractivity contribution < 1.29 is 8.42 Å². The molecule has 0 spiro atoms. The van der Waals surface area contributed by atoms with Gasteiger partial charge in [0.1, 0.15) is 9.84 Å². The molecule has 0 N–H and O–H groups in total. The molecule has 0 unspecified atom stereocenters. The summed E-state index contributed by atoms with van der Waals surface area (Å²) in [4.78, 5) is 2.34. The molecule has 0 aromatic heterocycles. The van der Waals surface area contributed by atoms with Crippen molar-refractivity contribution in [1.82, 2.24) is 4.90 Å². The topological polar surface area (TPSA) is 37.4 Å². The average Bonchev–Trinajstić information content (AvgIpc) is 1.98. The zero-order valence-corrected chi connectivity index (χ0v) is 10.9. The Hall–Kier alpha value is 0.200. The highest BCUT2D eigenvalue weighted by Gasteiger charge is 2.24. The Labute approximate surface area is 97.7 Å². The van der Waals surface area contributed by atoms with Crippen LogP contribution in [0.4, 0.5) is 0 Å². The second-order valence-corrected chi connectivity index (χ2v) is 6.93. The number of alkyl halides is 1. The highest BCUT2D eigenvalue weighted by Crippen LogP contribution is 2.24. The predicted octanol–water partition coefficient (Wildman–Crippen LogP) is 1.51. The summed E-state index contributed by atoms with van der Waals surface area (Å²) in [5.41, 5.74) is 0. The molecular formula is C10H20ClNO2S. The lowest BCUT2D eigenvalue weighted by Gasteiger charge is -2.37. The van der Waals surface area contributed by atoms with Gasteiger partial charge in [-0.25, -0.2) is 8.42 Å². The monoisotopic (exact) mass is 253 g/mol. The van der Waals surface area contributed by atoms with Crippen molar-refractivity contribution >= 4 is 21.4 Å². The highest BCUT2D eigenvalue weighted by atomic mass is 35.5. The first-order valence-corrected chi connectivity index (χ1v) is 8.10. The molecule has 0 atom stereocenters.